The van der Waals surface area contributed by atoms with Gasteiger partial charge in [0, 0.05) is 16.8 Å². The molecule has 2 N–H and O–H groups in total. The highest BCUT2D eigenvalue weighted by molar-refractivity contribution is 7.99. The van der Waals surface area contributed by atoms with Gasteiger partial charge in [-0.25, -0.2) is 4.98 Å². The summed E-state index contributed by atoms with van der Waals surface area (Å²) >= 11 is 6.74. The number of halogens is 4. The molecule has 0 saturated heterocycles. The van der Waals surface area contributed by atoms with Crippen LogP contribution in [0.4, 0.5) is 18.9 Å². The van der Waals surface area contributed by atoms with Gasteiger partial charge in [0.25, 0.3) is 0 Å². The van der Waals surface area contributed by atoms with Crippen molar-refractivity contribution in [2.75, 3.05) is 5.73 Å². The Morgan fingerprint density at radius 2 is 1.95 bits per heavy atom. The first-order valence-corrected chi connectivity index (χ1v) is 6.32. The molecule has 0 aliphatic heterocycles. The summed E-state index contributed by atoms with van der Waals surface area (Å²) in [6.07, 6.45) is -3.00. The van der Waals surface area contributed by atoms with E-state index in [0.717, 1.165) is 17.8 Å². The van der Waals surface area contributed by atoms with Crippen molar-refractivity contribution < 1.29 is 13.2 Å². The molecule has 0 fully saturated rings. The molecular formula is C12H8ClF3N2S. The number of hydrogen-bond donors (Lipinski definition) is 1. The number of pyridine rings is 1. The Kier molecular flexibility index (Phi) is 3.91. The van der Waals surface area contributed by atoms with Gasteiger partial charge in [0.1, 0.15) is 5.03 Å². The highest BCUT2D eigenvalue weighted by Gasteiger charge is 2.34. The van der Waals surface area contributed by atoms with Crippen molar-refractivity contribution in [2.45, 2.75) is 16.1 Å². The van der Waals surface area contributed by atoms with Crippen LogP contribution in [0.2, 0.25) is 5.02 Å². The monoisotopic (exact) mass is 304 g/mol. The van der Waals surface area contributed by atoms with Crippen LogP contribution >= 0.6 is 23.4 Å². The van der Waals surface area contributed by atoms with Gasteiger partial charge in [0.2, 0.25) is 0 Å². The van der Waals surface area contributed by atoms with Crippen molar-refractivity contribution in [3.8, 4) is 0 Å². The Hall–Kier alpha value is -1.40. The topological polar surface area (TPSA) is 38.9 Å². The standard InChI is InChI=1S/C12H8ClF3N2S/c13-9-2-1-5-18-11(9)19-10-4-3-7(17)6-8(10)12(14,15)16/h1-6H,17H2. The summed E-state index contributed by atoms with van der Waals surface area (Å²) in [6, 6.07) is 6.81. The van der Waals surface area contributed by atoms with E-state index in [1.165, 1.54) is 18.3 Å². The summed E-state index contributed by atoms with van der Waals surface area (Å²) < 4.78 is 38.7. The lowest BCUT2D eigenvalue weighted by molar-refractivity contribution is -0.139. The number of nitrogens with two attached hydrogens (primary N) is 1. The Labute approximate surface area is 116 Å². The van der Waals surface area contributed by atoms with Crippen molar-refractivity contribution >= 4 is 29.1 Å². The summed E-state index contributed by atoms with van der Waals surface area (Å²) in [5.41, 5.74) is 4.66. The fraction of sp³-hybridized carbons (Fsp3) is 0.0833. The lowest BCUT2D eigenvalue weighted by Gasteiger charge is -2.13. The number of nitrogen functional groups attached to an aromatic ring is 1. The second-order valence-corrected chi connectivity index (χ2v) is 5.08. The summed E-state index contributed by atoms with van der Waals surface area (Å²) in [5, 5.41) is 0.622. The normalized spacial score (nSPS) is 11.6. The van der Waals surface area contributed by atoms with Gasteiger partial charge in [-0.1, -0.05) is 23.4 Å². The first-order chi connectivity index (χ1) is 8.88. The van der Waals surface area contributed by atoms with E-state index in [-0.39, 0.29) is 10.6 Å². The number of hydrogen-bond acceptors (Lipinski definition) is 3. The summed E-state index contributed by atoms with van der Waals surface area (Å²) in [5.74, 6) is 0. The number of rotatable bonds is 2. The quantitative estimate of drug-likeness (QED) is 0.831. The maximum absolute atomic E-state index is 12.9. The van der Waals surface area contributed by atoms with Gasteiger partial charge in [0.15, 0.2) is 0 Å². The molecule has 100 valence electrons. The fourth-order valence-electron chi connectivity index (χ4n) is 1.41. The second-order valence-electron chi connectivity index (χ2n) is 3.65. The maximum atomic E-state index is 12.9. The van der Waals surface area contributed by atoms with Gasteiger partial charge in [-0.15, -0.1) is 0 Å². The Balaban J connectivity index is 2.44. The summed E-state index contributed by atoms with van der Waals surface area (Å²) in [6.45, 7) is 0. The molecule has 0 radical (unpaired) electrons. The van der Waals surface area contributed by atoms with Gasteiger partial charge in [-0.3, -0.25) is 0 Å². The molecule has 0 amide bonds. The minimum Gasteiger partial charge on any atom is -0.399 e. The molecule has 19 heavy (non-hydrogen) atoms. The number of anilines is 1. The zero-order chi connectivity index (χ0) is 14.0. The Bertz CT molecular complexity index is 602. The zero-order valence-electron chi connectivity index (χ0n) is 9.41. The van der Waals surface area contributed by atoms with Crippen LogP contribution in [0.1, 0.15) is 5.56 Å². The molecule has 0 saturated carbocycles. The van der Waals surface area contributed by atoms with Crippen molar-refractivity contribution in [1.29, 1.82) is 0 Å². The number of aromatic nitrogens is 1. The largest absolute Gasteiger partial charge is 0.417 e. The highest BCUT2D eigenvalue weighted by Crippen LogP contribution is 2.41. The molecule has 0 aliphatic carbocycles. The van der Waals surface area contributed by atoms with Crippen LogP contribution in [0.3, 0.4) is 0 Å². The molecule has 2 nitrogen and oxygen atoms in total. The number of nitrogens with zero attached hydrogens (tertiary/aromatic N) is 1. The molecule has 7 heteroatoms. The van der Waals surface area contributed by atoms with E-state index in [9.17, 15) is 13.2 Å². The van der Waals surface area contributed by atoms with Gasteiger partial charge in [-0.2, -0.15) is 13.2 Å². The molecule has 2 rings (SSSR count). The summed E-state index contributed by atoms with van der Waals surface area (Å²) in [4.78, 5) is 3.97. The molecule has 0 atom stereocenters. The maximum Gasteiger partial charge on any atom is 0.417 e. The van der Waals surface area contributed by atoms with Crippen LogP contribution in [0.15, 0.2) is 46.5 Å². The third-order valence-corrected chi connectivity index (χ3v) is 3.75. The minimum absolute atomic E-state index is 0.0160. The molecule has 0 bridgehead atoms. The molecule has 0 unspecified atom stereocenters. The number of benzene rings is 1. The predicted octanol–water partition coefficient (Wildman–Crippen LogP) is 4.49. The van der Waals surface area contributed by atoms with E-state index in [0.29, 0.717) is 10.0 Å². The van der Waals surface area contributed by atoms with E-state index in [1.54, 1.807) is 12.1 Å². The van der Waals surface area contributed by atoms with E-state index < -0.39 is 11.7 Å². The van der Waals surface area contributed by atoms with E-state index in [4.69, 9.17) is 17.3 Å². The molecule has 0 aliphatic rings. The first kappa shape index (κ1) is 14.0. The zero-order valence-corrected chi connectivity index (χ0v) is 11.0. The third kappa shape index (κ3) is 3.33. The SMILES string of the molecule is Nc1ccc(Sc2ncccc2Cl)c(C(F)(F)F)c1. The fourth-order valence-corrected chi connectivity index (χ4v) is 2.55. The van der Waals surface area contributed by atoms with Crippen LogP contribution in [-0.2, 0) is 6.18 Å². The summed E-state index contributed by atoms with van der Waals surface area (Å²) in [7, 11) is 0. The van der Waals surface area contributed by atoms with Crippen LogP contribution in [0, 0.1) is 0 Å². The Morgan fingerprint density at radius 3 is 2.58 bits per heavy atom. The van der Waals surface area contributed by atoms with Crippen molar-refractivity contribution in [1.82, 2.24) is 4.98 Å². The molecule has 1 heterocycles. The van der Waals surface area contributed by atoms with Crippen molar-refractivity contribution in [2.24, 2.45) is 0 Å². The van der Waals surface area contributed by atoms with E-state index in [1.807, 2.05) is 0 Å². The average molecular weight is 305 g/mol. The second kappa shape index (κ2) is 5.30. The lowest BCUT2D eigenvalue weighted by Crippen LogP contribution is -2.07. The van der Waals surface area contributed by atoms with Crippen LogP contribution in [0.25, 0.3) is 0 Å². The molecule has 2 aromatic rings. The first-order valence-electron chi connectivity index (χ1n) is 5.13. The van der Waals surface area contributed by atoms with Gasteiger partial charge in [0.05, 0.1) is 10.6 Å². The van der Waals surface area contributed by atoms with Crippen molar-refractivity contribution in [3.63, 3.8) is 0 Å². The van der Waals surface area contributed by atoms with Gasteiger partial charge in [-0.05, 0) is 30.3 Å². The van der Waals surface area contributed by atoms with Crippen LogP contribution in [-0.4, -0.2) is 4.98 Å². The van der Waals surface area contributed by atoms with E-state index >= 15 is 0 Å². The minimum atomic E-state index is -4.47. The smallest absolute Gasteiger partial charge is 0.399 e. The van der Waals surface area contributed by atoms with Gasteiger partial charge >= 0.3 is 6.18 Å². The highest BCUT2D eigenvalue weighted by atomic mass is 35.5. The molecular weight excluding hydrogens is 297 g/mol. The van der Waals surface area contributed by atoms with Crippen LogP contribution < -0.4 is 5.73 Å². The predicted molar refractivity (Wildman–Crippen MR) is 69.2 cm³/mol. The third-order valence-electron chi connectivity index (χ3n) is 2.24. The molecule has 1 aromatic carbocycles. The van der Waals surface area contributed by atoms with Crippen LogP contribution in [0.5, 0.6) is 0 Å². The Morgan fingerprint density at radius 1 is 1.21 bits per heavy atom. The lowest BCUT2D eigenvalue weighted by atomic mass is 10.2. The van der Waals surface area contributed by atoms with Crippen molar-refractivity contribution in [3.05, 3.63) is 47.1 Å². The van der Waals surface area contributed by atoms with E-state index in [2.05, 4.69) is 4.98 Å². The average Bonchev–Trinajstić information content (AvgIpc) is 2.33. The molecule has 0 spiro atoms. The van der Waals surface area contributed by atoms with Gasteiger partial charge < -0.3 is 5.73 Å². The number of alkyl halides is 3. The molecule has 1 aromatic heterocycles.